The van der Waals surface area contributed by atoms with Crippen LogP contribution in [0, 0.1) is 5.92 Å². The van der Waals surface area contributed by atoms with Crippen molar-refractivity contribution < 1.29 is 9.63 Å². The monoisotopic (exact) mass is 314 g/mol. The second-order valence-electron chi connectivity index (χ2n) is 5.78. The maximum absolute atomic E-state index is 12.1. The summed E-state index contributed by atoms with van der Waals surface area (Å²) in [6.07, 6.45) is -0.120. The van der Waals surface area contributed by atoms with Crippen molar-refractivity contribution in [3.05, 3.63) is 40.4 Å². The van der Waals surface area contributed by atoms with Crippen LogP contribution in [0.5, 0.6) is 0 Å². The number of nitrogens with one attached hydrogen (secondary N) is 2. The van der Waals surface area contributed by atoms with Crippen LogP contribution in [0.4, 0.5) is 0 Å². The fourth-order valence-corrected chi connectivity index (χ4v) is 2.38. The van der Waals surface area contributed by atoms with Gasteiger partial charge in [0.2, 0.25) is 6.10 Å². The van der Waals surface area contributed by atoms with Gasteiger partial charge in [-0.15, -0.1) is 0 Å². The van der Waals surface area contributed by atoms with Crippen molar-refractivity contribution in [2.24, 2.45) is 11.1 Å². The maximum Gasteiger partial charge on any atom is 0.264 e. The van der Waals surface area contributed by atoms with Gasteiger partial charge >= 0.3 is 0 Å². The molecule has 0 bridgehead atoms. The zero-order valence-electron chi connectivity index (χ0n) is 13.0. The van der Waals surface area contributed by atoms with Crippen LogP contribution in [0.15, 0.2) is 34.2 Å². The second kappa shape index (κ2) is 6.20. The van der Waals surface area contributed by atoms with Crippen molar-refractivity contribution in [2.45, 2.75) is 32.9 Å². The first-order chi connectivity index (χ1) is 11.0. The molecule has 1 aliphatic heterocycles. The number of rotatable bonds is 4. The van der Waals surface area contributed by atoms with E-state index in [1.54, 1.807) is 18.2 Å². The molecule has 2 N–H and O–H groups in total. The Balaban J connectivity index is 1.65. The number of aromatic amines is 1. The molecule has 7 heteroatoms. The third kappa shape index (κ3) is 3.23. The number of carbonyl (C=O) groups excluding carboxylic acids is 1. The van der Waals surface area contributed by atoms with Crippen LogP contribution in [-0.2, 0) is 16.2 Å². The Labute approximate surface area is 132 Å². The van der Waals surface area contributed by atoms with Crippen LogP contribution in [0.1, 0.15) is 26.1 Å². The van der Waals surface area contributed by atoms with Crippen molar-refractivity contribution in [3.63, 3.8) is 0 Å². The molecular formula is C16H18N4O3. The summed E-state index contributed by atoms with van der Waals surface area (Å²) in [5.41, 5.74) is 1.26. The van der Waals surface area contributed by atoms with E-state index in [-0.39, 0.29) is 23.9 Å². The lowest BCUT2D eigenvalue weighted by atomic mass is 10.0. The number of nitrogens with zero attached hydrogens (tertiary/aromatic N) is 2. The highest BCUT2D eigenvalue weighted by Gasteiger charge is 2.29. The highest BCUT2D eigenvalue weighted by Crippen LogP contribution is 2.16. The van der Waals surface area contributed by atoms with Crippen LogP contribution in [0.25, 0.3) is 10.9 Å². The van der Waals surface area contributed by atoms with E-state index in [9.17, 15) is 9.59 Å². The summed E-state index contributed by atoms with van der Waals surface area (Å²) in [5.74, 6) is 0.400. The summed E-state index contributed by atoms with van der Waals surface area (Å²) in [4.78, 5) is 36.2. The molecule has 0 fully saturated rings. The number of hydrogen-bond acceptors (Lipinski definition) is 5. The van der Waals surface area contributed by atoms with E-state index in [1.807, 2.05) is 19.9 Å². The van der Waals surface area contributed by atoms with Gasteiger partial charge in [0.1, 0.15) is 5.82 Å². The molecule has 1 atom stereocenters. The van der Waals surface area contributed by atoms with Gasteiger partial charge in [-0.1, -0.05) is 31.1 Å². The largest absolute Gasteiger partial charge is 0.382 e. The van der Waals surface area contributed by atoms with Gasteiger partial charge in [0.05, 0.1) is 23.2 Å². The highest BCUT2D eigenvalue weighted by molar-refractivity contribution is 5.93. The molecule has 1 unspecified atom stereocenters. The van der Waals surface area contributed by atoms with Gasteiger partial charge in [-0.3, -0.25) is 9.59 Å². The highest BCUT2D eigenvalue weighted by atomic mass is 16.6. The Morgan fingerprint density at radius 1 is 1.43 bits per heavy atom. The Morgan fingerprint density at radius 2 is 2.22 bits per heavy atom. The smallest absolute Gasteiger partial charge is 0.264 e. The fraction of sp³-hybridized carbons (Fsp3) is 0.375. The van der Waals surface area contributed by atoms with E-state index < -0.39 is 6.10 Å². The maximum atomic E-state index is 12.1. The number of benzene rings is 1. The number of amides is 1. The summed E-state index contributed by atoms with van der Waals surface area (Å²) in [5, 5.41) is 7.18. The molecule has 0 saturated carbocycles. The molecule has 2 heterocycles. The zero-order chi connectivity index (χ0) is 16.4. The van der Waals surface area contributed by atoms with Crippen LogP contribution < -0.4 is 10.9 Å². The number of fused-ring (bicyclic) bond motifs is 1. The first-order valence-corrected chi connectivity index (χ1v) is 7.53. The minimum atomic E-state index is -0.612. The van der Waals surface area contributed by atoms with Gasteiger partial charge in [0.25, 0.3) is 11.5 Å². The standard InChI is InChI=1S/C16H18N4O3/c1-9(2)12-7-13(23-20-12)16(22)17-8-14-18-11-6-4-3-5-10(11)15(21)19-14/h3-6,9,13H,7-8H2,1-2H3,(H,17,22)(H,18,19,21). The van der Waals surface area contributed by atoms with E-state index in [4.69, 9.17) is 4.84 Å². The molecular weight excluding hydrogens is 296 g/mol. The third-order valence-corrected chi connectivity index (χ3v) is 3.74. The first-order valence-electron chi connectivity index (χ1n) is 7.53. The van der Waals surface area contributed by atoms with E-state index in [2.05, 4.69) is 20.4 Å². The molecule has 0 saturated heterocycles. The number of aromatic nitrogens is 2. The normalized spacial score (nSPS) is 17.2. The van der Waals surface area contributed by atoms with Gasteiger partial charge < -0.3 is 15.1 Å². The number of para-hydroxylation sites is 1. The molecule has 2 aromatic rings. The van der Waals surface area contributed by atoms with Gasteiger partial charge in [-0.05, 0) is 18.1 Å². The van der Waals surface area contributed by atoms with Crippen molar-refractivity contribution in [2.75, 3.05) is 0 Å². The molecule has 1 aromatic heterocycles. The van der Waals surface area contributed by atoms with E-state index in [0.717, 1.165) is 5.71 Å². The lowest BCUT2D eigenvalue weighted by Gasteiger charge is -2.09. The fourth-order valence-electron chi connectivity index (χ4n) is 2.38. The first kappa shape index (κ1) is 15.2. The van der Waals surface area contributed by atoms with E-state index in [0.29, 0.717) is 23.1 Å². The van der Waals surface area contributed by atoms with Gasteiger partial charge in [-0.25, -0.2) is 4.98 Å². The average Bonchev–Trinajstić information content (AvgIpc) is 3.03. The molecule has 0 aliphatic carbocycles. The number of oxime groups is 1. The Morgan fingerprint density at radius 3 is 2.96 bits per heavy atom. The van der Waals surface area contributed by atoms with Crippen molar-refractivity contribution in [1.82, 2.24) is 15.3 Å². The van der Waals surface area contributed by atoms with Crippen LogP contribution in [-0.4, -0.2) is 27.7 Å². The predicted octanol–water partition coefficient (Wildman–Crippen LogP) is 1.34. The molecule has 1 amide bonds. The Kier molecular flexibility index (Phi) is 4.10. The number of hydrogen-bond donors (Lipinski definition) is 2. The van der Waals surface area contributed by atoms with E-state index >= 15 is 0 Å². The SMILES string of the molecule is CC(C)C1=NOC(C(=O)NCc2nc3ccccc3c(=O)[nH]2)C1. The third-order valence-electron chi connectivity index (χ3n) is 3.74. The number of H-pyrrole nitrogens is 1. The minimum absolute atomic E-state index is 0.135. The summed E-state index contributed by atoms with van der Waals surface area (Å²) in [6, 6.07) is 7.07. The quantitative estimate of drug-likeness (QED) is 0.890. The zero-order valence-corrected chi connectivity index (χ0v) is 13.0. The molecule has 1 aromatic carbocycles. The molecule has 3 rings (SSSR count). The lowest BCUT2D eigenvalue weighted by molar-refractivity contribution is -0.131. The van der Waals surface area contributed by atoms with Gasteiger partial charge in [0.15, 0.2) is 0 Å². The van der Waals surface area contributed by atoms with Gasteiger partial charge in [-0.2, -0.15) is 0 Å². The average molecular weight is 314 g/mol. The minimum Gasteiger partial charge on any atom is -0.382 e. The van der Waals surface area contributed by atoms with Gasteiger partial charge in [0, 0.05) is 6.42 Å². The Bertz CT molecular complexity index is 825. The summed E-state index contributed by atoms with van der Waals surface area (Å²) >= 11 is 0. The molecule has 0 radical (unpaired) electrons. The summed E-state index contributed by atoms with van der Waals surface area (Å²) in [7, 11) is 0. The molecule has 120 valence electrons. The molecule has 1 aliphatic rings. The van der Waals surface area contributed by atoms with Crippen molar-refractivity contribution >= 4 is 22.5 Å². The summed E-state index contributed by atoms with van der Waals surface area (Å²) < 4.78 is 0. The van der Waals surface area contributed by atoms with Crippen LogP contribution in [0.3, 0.4) is 0 Å². The van der Waals surface area contributed by atoms with E-state index in [1.165, 1.54) is 0 Å². The molecule has 7 nitrogen and oxygen atoms in total. The van der Waals surface area contributed by atoms with Crippen molar-refractivity contribution in [1.29, 1.82) is 0 Å². The topological polar surface area (TPSA) is 96.4 Å². The van der Waals surface area contributed by atoms with Crippen LogP contribution in [0.2, 0.25) is 0 Å². The van der Waals surface area contributed by atoms with Crippen molar-refractivity contribution in [3.8, 4) is 0 Å². The predicted molar refractivity (Wildman–Crippen MR) is 86.0 cm³/mol. The number of carbonyl (C=O) groups is 1. The van der Waals surface area contributed by atoms with Crippen LogP contribution >= 0.6 is 0 Å². The molecule has 23 heavy (non-hydrogen) atoms. The second-order valence-corrected chi connectivity index (χ2v) is 5.78. The molecule has 0 spiro atoms. The summed E-state index contributed by atoms with van der Waals surface area (Å²) in [6.45, 7) is 4.15. The lowest BCUT2D eigenvalue weighted by Crippen LogP contribution is -2.35. The Hall–Kier alpha value is -2.70.